The Hall–Kier alpha value is -3.35. The number of hydrogen-bond donors (Lipinski definition) is 3. The second-order valence-corrected chi connectivity index (χ2v) is 8.11. The first-order valence-electron chi connectivity index (χ1n) is 10.5. The van der Waals surface area contributed by atoms with Crippen molar-refractivity contribution in [2.75, 3.05) is 13.2 Å². The molecule has 0 aromatic heterocycles. The van der Waals surface area contributed by atoms with Crippen molar-refractivity contribution in [1.82, 2.24) is 10.6 Å². The van der Waals surface area contributed by atoms with Gasteiger partial charge in [-0.25, -0.2) is 9.59 Å². The lowest BCUT2D eigenvalue weighted by Gasteiger charge is -2.16. The van der Waals surface area contributed by atoms with Crippen molar-refractivity contribution in [3.05, 3.63) is 59.7 Å². The fraction of sp³-hybridized carbons (Fsp3) is 0.375. The molecule has 0 fully saturated rings. The molecule has 7 heteroatoms. The Bertz CT molecular complexity index is 911. The van der Waals surface area contributed by atoms with E-state index in [1.165, 1.54) is 0 Å². The maximum absolute atomic E-state index is 12.1. The second kappa shape index (κ2) is 10.1. The number of rotatable bonds is 9. The molecule has 2 aromatic carbocycles. The first kappa shape index (κ1) is 22.3. The summed E-state index contributed by atoms with van der Waals surface area (Å²) in [7, 11) is 0. The van der Waals surface area contributed by atoms with Crippen LogP contribution < -0.4 is 10.6 Å². The van der Waals surface area contributed by atoms with Crippen molar-refractivity contribution in [2.45, 2.75) is 38.6 Å². The molecule has 164 valence electrons. The minimum absolute atomic E-state index is 0.0700. The monoisotopic (exact) mass is 424 g/mol. The van der Waals surface area contributed by atoms with Gasteiger partial charge in [-0.15, -0.1) is 0 Å². The molecule has 0 heterocycles. The normalized spacial score (nSPS) is 13.3. The van der Waals surface area contributed by atoms with Crippen molar-refractivity contribution in [3.63, 3.8) is 0 Å². The first-order valence-corrected chi connectivity index (χ1v) is 10.5. The summed E-state index contributed by atoms with van der Waals surface area (Å²) in [5.74, 6) is -1.39. The fourth-order valence-corrected chi connectivity index (χ4v) is 3.80. The molecule has 0 saturated carbocycles. The molecular formula is C24H28N2O5. The number of carbonyl (C=O) groups is 3. The van der Waals surface area contributed by atoms with Gasteiger partial charge in [-0.1, -0.05) is 62.4 Å². The van der Waals surface area contributed by atoms with Crippen molar-refractivity contribution < 1.29 is 24.2 Å². The van der Waals surface area contributed by atoms with E-state index in [4.69, 9.17) is 4.74 Å². The largest absolute Gasteiger partial charge is 0.480 e. The highest BCUT2D eigenvalue weighted by Crippen LogP contribution is 2.44. The van der Waals surface area contributed by atoms with Gasteiger partial charge in [0.25, 0.3) is 0 Å². The SMILES string of the molecule is CC(C)CCC(NC(=O)CNC(=O)OCC1c2ccccc2-c2ccccc21)C(=O)O. The lowest BCUT2D eigenvalue weighted by atomic mass is 9.98. The lowest BCUT2D eigenvalue weighted by molar-refractivity contribution is -0.141. The number of benzene rings is 2. The van der Waals surface area contributed by atoms with Gasteiger partial charge in [0, 0.05) is 5.92 Å². The molecule has 0 saturated heterocycles. The van der Waals surface area contributed by atoms with Crippen LogP contribution in [0.2, 0.25) is 0 Å². The van der Waals surface area contributed by atoms with Gasteiger partial charge in [0.2, 0.25) is 5.91 Å². The summed E-state index contributed by atoms with van der Waals surface area (Å²) in [6.07, 6.45) is 0.298. The van der Waals surface area contributed by atoms with Gasteiger partial charge in [0.05, 0.1) is 0 Å². The molecule has 0 aliphatic heterocycles. The van der Waals surface area contributed by atoms with Gasteiger partial charge < -0.3 is 20.5 Å². The maximum atomic E-state index is 12.1. The molecular weight excluding hydrogens is 396 g/mol. The average Bonchev–Trinajstić information content (AvgIpc) is 3.07. The van der Waals surface area contributed by atoms with Crippen LogP contribution in [0.25, 0.3) is 11.1 Å². The number of carboxylic acids is 1. The minimum Gasteiger partial charge on any atom is -0.480 e. The third-order valence-corrected chi connectivity index (χ3v) is 5.40. The van der Waals surface area contributed by atoms with Gasteiger partial charge in [0.1, 0.15) is 19.2 Å². The number of nitrogens with one attached hydrogen (secondary N) is 2. The molecule has 7 nitrogen and oxygen atoms in total. The predicted octanol–water partition coefficient (Wildman–Crippen LogP) is 3.53. The van der Waals surface area contributed by atoms with Crippen LogP contribution in [-0.2, 0) is 14.3 Å². The molecule has 0 radical (unpaired) electrons. The van der Waals surface area contributed by atoms with Crippen LogP contribution in [0.5, 0.6) is 0 Å². The van der Waals surface area contributed by atoms with E-state index >= 15 is 0 Å². The van der Waals surface area contributed by atoms with E-state index in [1.54, 1.807) is 0 Å². The van der Waals surface area contributed by atoms with Crippen LogP contribution in [-0.4, -0.2) is 42.3 Å². The topological polar surface area (TPSA) is 105 Å². The number of alkyl carbamates (subject to hydrolysis) is 1. The summed E-state index contributed by atoms with van der Waals surface area (Å²) in [6, 6.07) is 15.1. The van der Waals surface area contributed by atoms with Gasteiger partial charge >= 0.3 is 12.1 Å². The minimum atomic E-state index is -1.09. The molecule has 1 aliphatic rings. The Morgan fingerprint density at radius 1 is 0.968 bits per heavy atom. The number of carboxylic acid groups (broad SMARTS) is 1. The zero-order valence-electron chi connectivity index (χ0n) is 17.8. The van der Waals surface area contributed by atoms with Gasteiger partial charge in [-0.3, -0.25) is 4.79 Å². The zero-order valence-corrected chi connectivity index (χ0v) is 17.8. The maximum Gasteiger partial charge on any atom is 0.407 e. The predicted molar refractivity (Wildman–Crippen MR) is 117 cm³/mol. The number of amides is 2. The number of fused-ring (bicyclic) bond motifs is 3. The Morgan fingerprint density at radius 2 is 1.55 bits per heavy atom. The van der Waals surface area contributed by atoms with E-state index in [2.05, 4.69) is 22.8 Å². The van der Waals surface area contributed by atoms with E-state index in [0.717, 1.165) is 22.3 Å². The van der Waals surface area contributed by atoms with Crippen LogP contribution in [0.3, 0.4) is 0 Å². The Kier molecular flexibility index (Phi) is 7.28. The van der Waals surface area contributed by atoms with Crippen LogP contribution in [0.4, 0.5) is 4.79 Å². The summed E-state index contributed by atoms with van der Waals surface area (Å²) in [4.78, 5) is 35.5. The van der Waals surface area contributed by atoms with Crippen molar-refractivity contribution in [2.24, 2.45) is 5.92 Å². The molecule has 2 amide bonds. The Labute approximate surface area is 181 Å². The Balaban J connectivity index is 1.51. The van der Waals surface area contributed by atoms with Gasteiger partial charge in [-0.05, 0) is 41.0 Å². The molecule has 3 rings (SSSR count). The highest BCUT2D eigenvalue weighted by molar-refractivity contribution is 5.86. The van der Waals surface area contributed by atoms with E-state index in [9.17, 15) is 19.5 Å². The third-order valence-electron chi connectivity index (χ3n) is 5.40. The fourth-order valence-electron chi connectivity index (χ4n) is 3.80. The van der Waals surface area contributed by atoms with Crippen molar-refractivity contribution in [3.8, 4) is 11.1 Å². The highest BCUT2D eigenvalue weighted by atomic mass is 16.5. The van der Waals surface area contributed by atoms with E-state index in [-0.39, 0.29) is 19.1 Å². The summed E-state index contributed by atoms with van der Waals surface area (Å²) in [6.45, 7) is 3.77. The molecule has 0 bridgehead atoms. The molecule has 2 aromatic rings. The van der Waals surface area contributed by atoms with Crippen LogP contribution in [0.15, 0.2) is 48.5 Å². The van der Waals surface area contributed by atoms with Crippen LogP contribution >= 0.6 is 0 Å². The number of hydrogen-bond acceptors (Lipinski definition) is 4. The number of carbonyl (C=O) groups excluding carboxylic acids is 2. The first-order chi connectivity index (χ1) is 14.9. The number of aliphatic carboxylic acids is 1. The van der Waals surface area contributed by atoms with Gasteiger partial charge in [0.15, 0.2) is 0 Å². The van der Waals surface area contributed by atoms with E-state index in [1.807, 2.05) is 50.2 Å². The molecule has 3 N–H and O–H groups in total. The molecule has 1 aliphatic carbocycles. The standard InChI is InChI=1S/C24H28N2O5/c1-15(2)11-12-21(23(28)29)26-22(27)13-25-24(30)31-14-20-18-9-5-3-7-16(18)17-8-4-6-10-19(17)20/h3-10,15,20-21H,11-14H2,1-2H3,(H,25,30)(H,26,27)(H,28,29). The number of ether oxygens (including phenoxy) is 1. The molecule has 1 unspecified atom stereocenters. The third kappa shape index (κ3) is 5.63. The quantitative estimate of drug-likeness (QED) is 0.571. The average molecular weight is 424 g/mol. The molecule has 0 spiro atoms. The zero-order chi connectivity index (χ0) is 22.4. The summed E-state index contributed by atoms with van der Waals surface area (Å²) in [5.41, 5.74) is 4.47. The highest BCUT2D eigenvalue weighted by Gasteiger charge is 2.29. The van der Waals surface area contributed by atoms with Crippen molar-refractivity contribution in [1.29, 1.82) is 0 Å². The molecule has 31 heavy (non-hydrogen) atoms. The van der Waals surface area contributed by atoms with Gasteiger partial charge in [-0.2, -0.15) is 0 Å². The summed E-state index contributed by atoms with van der Waals surface area (Å²) >= 11 is 0. The molecule has 1 atom stereocenters. The van der Waals surface area contributed by atoms with Crippen LogP contribution in [0, 0.1) is 5.92 Å². The summed E-state index contributed by atoms with van der Waals surface area (Å²) in [5, 5.41) is 14.1. The van der Waals surface area contributed by atoms with E-state index < -0.39 is 24.0 Å². The Morgan fingerprint density at radius 3 is 2.10 bits per heavy atom. The van der Waals surface area contributed by atoms with Crippen LogP contribution in [0.1, 0.15) is 43.7 Å². The summed E-state index contributed by atoms with van der Waals surface area (Å²) < 4.78 is 5.38. The van der Waals surface area contributed by atoms with Crippen molar-refractivity contribution >= 4 is 18.0 Å². The smallest absolute Gasteiger partial charge is 0.407 e. The second-order valence-electron chi connectivity index (χ2n) is 8.11. The van der Waals surface area contributed by atoms with E-state index in [0.29, 0.717) is 18.8 Å². The lowest BCUT2D eigenvalue weighted by Crippen LogP contribution is -2.45.